The Morgan fingerprint density at radius 2 is 2.10 bits per heavy atom. The first kappa shape index (κ1) is 17.4. The van der Waals surface area contributed by atoms with Crippen molar-refractivity contribution in [1.29, 1.82) is 0 Å². The van der Waals surface area contributed by atoms with E-state index in [0.717, 1.165) is 30.9 Å². The average Bonchev–Trinajstić information content (AvgIpc) is 2.86. The van der Waals surface area contributed by atoms with Crippen LogP contribution in [0.25, 0.3) is 0 Å². The SMILES string of the molecule is CCCNC(=NCC(=O)N(C)C)NCCc1ncc(C)s1. The fourth-order valence-corrected chi connectivity index (χ4v) is 2.30. The van der Waals surface area contributed by atoms with Crippen molar-refractivity contribution < 1.29 is 4.79 Å². The van der Waals surface area contributed by atoms with Gasteiger partial charge in [0, 0.05) is 44.7 Å². The van der Waals surface area contributed by atoms with E-state index in [1.807, 2.05) is 6.20 Å². The van der Waals surface area contributed by atoms with E-state index in [1.54, 1.807) is 30.3 Å². The fourth-order valence-electron chi connectivity index (χ4n) is 1.51. The van der Waals surface area contributed by atoms with E-state index < -0.39 is 0 Å². The van der Waals surface area contributed by atoms with Crippen LogP contribution in [-0.2, 0) is 11.2 Å². The molecule has 2 N–H and O–H groups in total. The van der Waals surface area contributed by atoms with Crippen molar-refractivity contribution in [3.05, 3.63) is 16.1 Å². The minimum absolute atomic E-state index is 0.0110. The van der Waals surface area contributed by atoms with E-state index in [0.29, 0.717) is 5.96 Å². The van der Waals surface area contributed by atoms with Crippen LogP contribution < -0.4 is 10.6 Å². The molecule has 0 radical (unpaired) electrons. The topological polar surface area (TPSA) is 69.6 Å². The van der Waals surface area contributed by atoms with Gasteiger partial charge >= 0.3 is 0 Å². The van der Waals surface area contributed by atoms with Gasteiger partial charge in [-0.2, -0.15) is 0 Å². The van der Waals surface area contributed by atoms with Gasteiger partial charge in [0.05, 0.1) is 5.01 Å². The van der Waals surface area contributed by atoms with Gasteiger partial charge in [-0.3, -0.25) is 4.79 Å². The third kappa shape index (κ3) is 7.08. The molecule has 0 unspecified atom stereocenters. The van der Waals surface area contributed by atoms with Crippen molar-refractivity contribution in [3.8, 4) is 0 Å². The highest BCUT2D eigenvalue weighted by Gasteiger charge is 2.04. The molecule has 0 aliphatic carbocycles. The van der Waals surface area contributed by atoms with Crippen LogP contribution in [0.15, 0.2) is 11.2 Å². The molecule has 1 aromatic heterocycles. The number of rotatable bonds is 7. The van der Waals surface area contributed by atoms with Crippen LogP contribution >= 0.6 is 11.3 Å². The van der Waals surface area contributed by atoms with Crippen molar-refractivity contribution >= 4 is 23.2 Å². The van der Waals surface area contributed by atoms with E-state index >= 15 is 0 Å². The number of carbonyl (C=O) groups is 1. The molecule has 1 amide bonds. The molecule has 0 aliphatic rings. The molecular weight excluding hydrogens is 286 g/mol. The summed E-state index contributed by atoms with van der Waals surface area (Å²) in [4.78, 5) is 23.0. The van der Waals surface area contributed by atoms with Gasteiger partial charge in [-0.05, 0) is 13.3 Å². The molecule has 0 fully saturated rings. The highest BCUT2D eigenvalue weighted by atomic mass is 32.1. The maximum absolute atomic E-state index is 11.6. The summed E-state index contributed by atoms with van der Waals surface area (Å²) in [5.41, 5.74) is 0. The molecule has 6 nitrogen and oxygen atoms in total. The normalized spacial score (nSPS) is 11.3. The quantitative estimate of drug-likeness (QED) is 0.583. The monoisotopic (exact) mass is 311 g/mol. The number of thiazole rings is 1. The van der Waals surface area contributed by atoms with Crippen molar-refractivity contribution in [3.63, 3.8) is 0 Å². The first-order valence-electron chi connectivity index (χ1n) is 7.16. The van der Waals surface area contributed by atoms with Crippen LogP contribution in [0, 0.1) is 6.92 Å². The lowest BCUT2D eigenvalue weighted by atomic mass is 10.4. The number of nitrogens with zero attached hydrogens (tertiary/aromatic N) is 3. The van der Waals surface area contributed by atoms with Crippen LogP contribution in [0.5, 0.6) is 0 Å². The molecule has 0 atom stereocenters. The second-order valence-electron chi connectivity index (χ2n) is 4.92. The van der Waals surface area contributed by atoms with E-state index in [4.69, 9.17) is 0 Å². The highest BCUT2D eigenvalue weighted by molar-refractivity contribution is 7.11. The lowest BCUT2D eigenvalue weighted by Gasteiger charge is -2.12. The van der Waals surface area contributed by atoms with Gasteiger partial charge in [0.25, 0.3) is 0 Å². The lowest BCUT2D eigenvalue weighted by molar-refractivity contribution is -0.127. The average molecular weight is 311 g/mol. The Hall–Kier alpha value is -1.63. The van der Waals surface area contributed by atoms with Gasteiger partial charge in [-0.25, -0.2) is 9.98 Å². The van der Waals surface area contributed by atoms with Crippen molar-refractivity contribution in [2.24, 2.45) is 4.99 Å². The summed E-state index contributed by atoms with van der Waals surface area (Å²) >= 11 is 1.71. The van der Waals surface area contributed by atoms with E-state index in [9.17, 15) is 4.79 Å². The minimum atomic E-state index is -0.0110. The summed E-state index contributed by atoms with van der Waals surface area (Å²) in [6.07, 6.45) is 3.75. The number of aryl methyl sites for hydroxylation is 1. The zero-order valence-electron chi connectivity index (χ0n) is 13.3. The first-order chi connectivity index (χ1) is 10.0. The fraction of sp³-hybridized carbons (Fsp3) is 0.643. The van der Waals surface area contributed by atoms with Gasteiger partial charge in [0.1, 0.15) is 6.54 Å². The number of nitrogens with one attached hydrogen (secondary N) is 2. The molecule has 1 aromatic rings. The molecule has 1 rings (SSSR count). The van der Waals surface area contributed by atoms with Crippen molar-refractivity contribution in [2.45, 2.75) is 26.7 Å². The predicted molar refractivity (Wildman–Crippen MR) is 87.8 cm³/mol. The van der Waals surface area contributed by atoms with Crippen LogP contribution in [0.1, 0.15) is 23.2 Å². The summed E-state index contributed by atoms with van der Waals surface area (Å²) in [7, 11) is 3.46. The van der Waals surface area contributed by atoms with Gasteiger partial charge in [0.15, 0.2) is 5.96 Å². The number of amides is 1. The summed E-state index contributed by atoms with van der Waals surface area (Å²) in [5, 5.41) is 7.56. The number of likely N-dealkylation sites (N-methyl/N-ethyl adjacent to an activating group) is 1. The highest BCUT2D eigenvalue weighted by Crippen LogP contribution is 2.10. The van der Waals surface area contributed by atoms with Crippen LogP contribution in [-0.4, -0.2) is 55.5 Å². The number of hydrogen-bond acceptors (Lipinski definition) is 4. The van der Waals surface area contributed by atoms with Crippen molar-refractivity contribution in [1.82, 2.24) is 20.5 Å². The number of guanidine groups is 1. The van der Waals surface area contributed by atoms with Gasteiger partial charge in [0.2, 0.25) is 5.91 Å². The Balaban J connectivity index is 2.45. The summed E-state index contributed by atoms with van der Waals surface area (Å²) in [6, 6.07) is 0. The van der Waals surface area contributed by atoms with Gasteiger partial charge in [-0.15, -0.1) is 11.3 Å². The Bertz CT molecular complexity index is 470. The second-order valence-corrected chi connectivity index (χ2v) is 6.24. The van der Waals surface area contributed by atoms with Crippen LogP contribution in [0.4, 0.5) is 0 Å². The standard InChI is InChI=1S/C14H25N5OS/c1-5-7-15-14(18-10-13(20)19(3)4)16-8-6-12-17-9-11(2)21-12/h9H,5-8,10H2,1-4H3,(H2,15,16,18). The van der Waals surface area contributed by atoms with Crippen molar-refractivity contribution in [2.75, 3.05) is 33.7 Å². The molecule has 0 aromatic carbocycles. The Morgan fingerprint density at radius 1 is 1.38 bits per heavy atom. The smallest absolute Gasteiger partial charge is 0.243 e. The predicted octanol–water partition coefficient (Wildman–Crippen LogP) is 1.03. The Morgan fingerprint density at radius 3 is 2.67 bits per heavy atom. The third-order valence-corrected chi connectivity index (χ3v) is 3.69. The summed E-state index contributed by atoms with van der Waals surface area (Å²) < 4.78 is 0. The third-order valence-electron chi connectivity index (χ3n) is 2.71. The molecule has 0 bridgehead atoms. The van der Waals surface area contributed by atoms with E-state index in [1.165, 1.54) is 4.88 Å². The summed E-state index contributed by atoms with van der Waals surface area (Å²) in [6.45, 7) is 5.88. The zero-order chi connectivity index (χ0) is 15.7. The van der Waals surface area contributed by atoms with E-state index in [2.05, 4.69) is 34.5 Å². The minimum Gasteiger partial charge on any atom is -0.356 e. The van der Waals surface area contributed by atoms with Crippen LogP contribution in [0.2, 0.25) is 0 Å². The molecule has 21 heavy (non-hydrogen) atoms. The molecular formula is C14H25N5OS. The number of aromatic nitrogens is 1. The maximum Gasteiger partial charge on any atom is 0.243 e. The lowest BCUT2D eigenvalue weighted by Crippen LogP contribution is -2.39. The number of aliphatic imine (C=N–C) groups is 1. The van der Waals surface area contributed by atoms with Gasteiger partial charge in [-0.1, -0.05) is 6.92 Å². The molecule has 7 heteroatoms. The molecule has 0 spiro atoms. The Kier molecular flexibility index (Phi) is 7.74. The number of carbonyl (C=O) groups excluding carboxylic acids is 1. The molecule has 1 heterocycles. The molecule has 0 saturated carbocycles. The Labute approximate surface area is 130 Å². The maximum atomic E-state index is 11.6. The second kappa shape index (κ2) is 9.33. The van der Waals surface area contributed by atoms with E-state index in [-0.39, 0.29) is 12.5 Å². The largest absolute Gasteiger partial charge is 0.356 e. The molecule has 0 saturated heterocycles. The van der Waals surface area contributed by atoms with Gasteiger partial charge < -0.3 is 15.5 Å². The number of hydrogen-bond donors (Lipinski definition) is 2. The molecule has 0 aliphatic heterocycles. The zero-order valence-corrected chi connectivity index (χ0v) is 14.1. The summed E-state index contributed by atoms with van der Waals surface area (Å²) in [5.74, 6) is 0.670. The van der Waals surface area contributed by atoms with Crippen LogP contribution in [0.3, 0.4) is 0 Å². The molecule has 118 valence electrons. The first-order valence-corrected chi connectivity index (χ1v) is 7.98.